The number of halogens is 3. The first-order chi connectivity index (χ1) is 12.6. The van der Waals surface area contributed by atoms with E-state index in [4.69, 9.17) is 5.73 Å². The fraction of sp³-hybridized carbons (Fsp3) is 0.562. The Balaban J connectivity index is 1.84. The monoisotopic (exact) mass is 409 g/mol. The summed E-state index contributed by atoms with van der Waals surface area (Å²) in [5.41, 5.74) is 5.32. The Kier molecular flexibility index (Phi) is 7.06. The summed E-state index contributed by atoms with van der Waals surface area (Å²) in [4.78, 5) is 13.0. The molecule has 1 unspecified atom stereocenters. The molecule has 2 rings (SSSR count). The van der Waals surface area contributed by atoms with Crippen molar-refractivity contribution >= 4 is 15.9 Å². The molecule has 0 saturated carbocycles. The van der Waals surface area contributed by atoms with E-state index in [1.807, 2.05) is 4.90 Å². The SMILES string of the molecule is NC(=O)C1CCCN(CCCNS(=O)(=O)c2cccc(OC(F)(F)F)c2)C1. The maximum atomic E-state index is 12.3. The summed E-state index contributed by atoms with van der Waals surface area (Å²) in [7, 11) is -3.96. The highest BCUT2D eigenvalue weighted by Crippen LogP contribution is 2.24. The number of nitrogens with two attached hydrogens (primary N) is 1. The predicted molar refractivity (Wildman–Crippen MR) is 91.3 cm³/mol. The molecule has 11 heteroatoms. The van der Waals surface area contributed by atoms with Crippen LogP contribution in [0.25, 0.3) is 0 Å². The highest BCUT2D eigenvalue weighted by molar-refractivity contribution is 7.89. The molecule has 1 aliphatic rings. The van der Waals surface area contributed by atoms with E-state index >= 15 is 0 Å². The minimum absolute atomic E-state index is 0.116. The van der Waals surface area contributed by atoms with Crippen molar-refractivity contribution in [3.63, 3.8) is 0 Å². The summed E-state index contributed by atoms with van der Waals surface area (Å²) < 4.78 is 67.3. The second-order valence-electron chi connectivity index (χ2n) is 6.32. The summed E-state index contributed by atoms with van der Waals surface area (Å²) in [6.07, 6.45) is -2.80. The van der Waals surface area contributed by atoms with Crippen LogP contribution in [0.15, 0.2) is 29.2 Å². The third-order valence-corrected chi connectivity index (χ3v) is 5.66. The van der Waals surface area contributed by atoms with Gasteiger partial charge in [0.05, 0.1) is 10.8 Å². The number of ether oxygens (including phenoxy) is 1. The Morgan fingerprint density at radius 1 is 1.37 bits per heavy atom. The van der Waals surface area contributed by atoms with Crippen LogP contribution >= 0.6 is 0 Å². The van der Waals surface area contributed by atoms with E-state index in [-0.39, 0.29) is 23.3 Å². The van der Waals surface area contributed by atoms with Gasteiger partial charge in [0.15, 0.2) is 0 Å². The third kappa shape index (κ3) is 7.00. The van der Waals surface area contributed by atoms with E-state index < -0.39 is 22.1 Å². The third-order valence-electron chi connectivity index (χ3n) is 4.20. The minimum atomic E-state index is -4.90. The van der Waals surface area contributed by atoms with E-state index in [0.29, 0.717) is 19.5 Å². The average Bonchev–Trinajstić information content (AvgIpc) is 2.58. The number of rotatable bonds is 8. The van der Waals surface area contributed by atoms with Crippen molar-refractivity contribution in [2.24, 2.45) is 11.7 Å². The van der Waals surface area contributed by atoms with Gasteiger partial charge in [0.2, 0.25) is 15.9 Å². The standard InChI is InChI=1S/C16H22F3N3O4S/c17-16(18,19)26-13-5-1-6-14(10-13)27(24,25)21-7-3-9-22-8-2-4-12(11-22)15(20)23/h1,5-6,10,12,21H,2-4,7-9,11H2,(H2,20,23). The average molecular weight is 409 g/mol. The number of carbonyl (C=O) groups excluding carboxylic acids is 1. The van der Waals surface area contributed by atoms with Crippen LogP contribution in [-0.2, 0) is 14.8 Å². The zero-order chi connectivity index (χ0) is 20.1. The summed E-state index contributed by atoms with van der Waals surface area (Å²) in [5.74, 6) is -1.12. The van der Waals surface area contributed by atoms with Gasteiger partial charge in [0.25, 0.3) is 0 Å². The van der Waals surface area contributed by atoms with E-state index in [1.165, 1.54) is 12.1 Å². The first-order valence-corrected chi connectivity index (χ1v) is 9.92. The number of hydrogen-bond donors (Lipinski definition) is 2. The van der Waals surface area contributed by atoms with Gasteiger partial charge in [-0.1, -0.05) is 6.07 Å². The van der Waals surface area contributed by atoms with Crippen LogP contribution in [0.1, 0.15) is 19.3 Å². The molecule has 7 nitrogen and oxygen atoms in total. The van der Waals surface area contributed by atoms with Crippen molar-refractivity contribution in [1.29, 1.82) is 0 Å². The van der Waals surface area contributed by atoms with Gasteiger partial charge >= 0.3 is 6.36 Å². The van der Waals surface area contributed by atoms with Gasteiger partial charge in [0, 0.05) is 19.2 Å². The van der Waals surface area contributed by atoms with Gasteiger partial charge in [-0.2, -0.15) is 0 Å². The fourth-order valence-corrected chi connectivity index (χ4v) is 4.03. The summed E-state index contributed by atoms with van der Waals surface area (Å²) in [5, 5.41) is 0. The molecular formula is C16H22F3N3O4S. The van der Waals surface area contributed by atoms with Crippen LogP contribution < -0.4 is 15.2 Å². The number of alkyl halides is 3. The zero-order valence-electron chi connectivity index (χ0n) is 14.5. The van der Waals surface area contributed by atoms with E-state index in [1.54, 1.807) is 0 Å². The molecule has 0 bridgehead atoms. The second kappa shape index (κ2) is 8.89. The Labute approximate surface area is 155 Å². The smallest absolute Gasteiger partial charge is 0.406 e. The number of nitrogens with one attached hydrogen (secondary N) is 1. The molecule has 0 aromatic heterocycles. The van der Waals surface area contributed by atoms with E-state index in [0.717, 1.165) is 31.5 Å². The molecule has 0 spiro atoms. The van der Waals surface area contributed by atoms with Gasteiger partial charge in [0.1, 0.15) is 5.75 Å². The van der Waals surface area contributed by atoms with Crippen LogP contribution in [0.5, 0.6) is 5.75 Å². The van der Waals surface area contributed by atoms with Gasteiger partial charge in [-0.3, -0.25) is 4.79 Å². The molecule has 0 radical (unpaired) electrons. The van der Waals surface area contributed by atoms with Gasteiger partial charge in [-0.25, -0.2) is 13.1 Å². The number of benzene rings is 1. The number of likely N-dealkylation sites (tertiary alicyclic amines) is 1. The number of primary amides is 1. The molecule has 1 fully saturated rings. The molecule has 1 heterocycles. The molecule has 1 aromatic rings. The minimum Gasteiger partial charge on any atom is -0.406 e. The topological polar surface area (TPSA) is 102 Å². The first-order valence-electron chi connectivity index (χ1n) is 8.44. The lowest BCUT2D eigenvalue weighted by Crippen LogP contribution is -2.42. The number of carbonyl (C=O) groups is 1. The number of hydrogen-bond acceptors (Lipinski definition) is 5. The maximum Gasteiger partial charge on any atom is 0.573 e. The quantitative estimate of drug-likeness (QED) is 0.633. The van der Waals surface area contributed by atoms with Crippen molar-refractivity contribution in [1.82, 2.24) is 9.62 Å². The lowest BCUT2D eigenvalue weighted by atomic mass is 9.97. The van der Waals surface area contributed by atoms with Crippen LogP contribution in [0.3, 0.4) is 0 Å². The largest absolute Gasteiger partial charge is 0.573 e. The number of nitrogens with zero attached hydrogens (tertiary/aromatic N) is 1. The van der Waals surface area contributed by atoms with Gasteiger partial charge in [-0.15, -0.1) is 13.2 Å². The van der Waals surface area contributed by atoms with E-state index in [2.05, 4.69) is 9.46 Å². The van der Waals surface area contributed by atoms with Gasteiger partial charge in [-0.05, 0) is 44.5 Å². The van der Waals surface area contributed by atoms with Crippen molar-refractivity contribution in [2.45, 2.75) is 30.5 Å². The number of amides is 1. The summed E-state index contributed by atoms with van der Waals surface area (Å²) in [6, 6.07) is 4.21. The van der Waals surface area contributed by atoms with Gasteiger partial charge < -0.3 is 15.4 Å². The Hall–Kier alpha value is -1.85. The Bertz CT molecular complexity index is 756. The number of piperidine rings is 1. The van der Waals surface area contributed by atoms with Crippen LogP contribution in [0.2, 0.25) is 0 Å². The van der Waals surface area contributed by atoms with Crippen molar-refractivity contribution in [3.05, 3.63) is 24.3 Å². The molecular weight excluding hydrogens is 387 g/mol. The lowest BCUT2D eigenvalue weighted by molar-refractivity contribution is -0.274. The zero-order valence-corrected chi connectivity index (χ0v) is 15.4. The molecule has 152 valence electrons. The maximum absolute atomic E-state index is 12.3. The molecule has 1 saturated heterocycles. The molecule has 27 heavy (non-hydrogen) atoms. The van der Waals surface area contributed by atoms with Crippen LogP contribution in [-0.4, -0.2) is 51.8 Å². The molecule has 0 aliphatic carbocycles. The summed E-state index contributed by atoms with van der Waals surface area (Å²) >= 11 is 0. The fourth-order valence-electron chi connectivity index (χ4n) is 2.92. The first kappa shape index (κ1) is 21.5. The number of sulfonamides is 1. The Morgan fingerprint density at radius 3 is 2.78 bits per heavy atom. The van der Waals surface area contributed by atoms with Crippen LogP contribution in [0.4, 0.5) is 13.2 Å². The molecule has 1 aliphatic heterocycles. The van der Waals surface area contributed by atoms with E-state index in [9.17, 15) is 26.4 Å². The van der Waals surface area contributed by atoms with Crippen molar-refractivity contribution < 1.29 is 31.1 Å². The predicted octanol–water partition coefficient (Wildman–Crippen LogP) is 1.45. The normalized spacial score (nSPS) is 19.0. The molecule has 1 atom stereocenters. The highest BCUT2D eigenvalue weighted by atomic mass is 32.2. The highest BCUT2D eigenvalue weighted by Gasteiger charge is 2.31. The molecule has 3 N–H and O–H groups in total. The van der Waals surface area contributed by atoms with Crippen molar-refractivity contribution in [2.75, 3.05) is 26.2 Å². The second-order valence-corrected chi connectivity index (χ2v) is 8.08. The Morgan fingerprint density at radius 2 is 2.11 bits per heavy atom. The molecule has 1 amide bonds. The molecule has 1 aromatic carbocycles. The van der Waals surface area contributed by atoms with Crippen molar-refractivity contribution in [3.8, 4) is 5.75 Å². The lowest BCUT2D eigenvalue weighted by Gasteiger charge is -2.31. The summed E-state index contributed by atoms with van der Waals surface area (Å²) in [6.45, 7) is 2.07. The van der Waals surface area contributed by atoms with Crippen LogP contribution in [0, 0.1) is 5.92 Å².